The monoisotopic (exact) mass is 247 g/mol. The number of carbonyl (C=O) groups excluding carboxylic acids is 1. The summed E-state index contributed by atoms with van der Waals surface area (Å²) in [4.78, 5) is 11.6. The summed E-state index contributed by atoms with van der Waals surface area (Å²) in [5, 5.41) is 12.4. The van der Waals surface area contributed by atoms with Gasteiger partial charge < -0.3 is 10.4 Å². The predicted molar refractivity (Wildman–Crippen MR) is 74.1 cm³/mol. The van der Waals surface area contributed by atoms with E-state index in [1.54, 1.807) is 6.08 Å². The largest absolute Gasteiger partial charge is 0.379 e. The van der Waals surface area contributed by atoms with Crippen LogP contribution < -0.4 is 5.32 Å². The Kier molecular flexibility index (Phi) is 4.68. The van der Waals surface area contributed by atoms with E-state index in [9.17, 15) is 9.90 Å². The summed E-state index contributed by atoms with van der Waals surface area (Å²) in [5.41, 5.74) is 1.80. The van der Waals surface area contributed by atoms with Crippen LogP contribution in [0.25, 0.3) is 6.08 Å². The maximum Gasteiger partial charge on any atom is 0.253 e. The molecule has 0 aliphatic carbocycles. The first-order chi connectivity index (χ1) is 8.28. The van der Waals surface area contributed by atoms with Gasteiger partial charge >= 0.3 is 0 Å². The van der Waals surface area contributed by atoms with Gasteiger partial charge in [0.1, 0.15) is 0 Å². The van der Waals surface area contributed by atoms with Crippen LogP contribution in [0.1, 0.15) is 31.9 Å². The highest BCUT2D eigenvalue weighted by atomic mass is 16.3. The van der Waals surface area contributed by atoms with Crippen molar-refractivity contribution in [1.29, 1.82) is 0 Å². The molecule has 98 valence electrons. The molecule has 3 nitrogen and oxygen atoms in total. The van der Waals surface area contributed by atoms with E-state index >= 15 is 0 Å². The lowest BCUT2D eigenvalue weighted by atomic mass is 10.1. The number of aliphatic hydroxyl groups excluding tert-OH is 1. The second-order valence-corrected chi connectivity index (χ2v) is 5.45. The summed E-state index contributed by atoms with van der Waals surface area (Å²) in [6.07, 6.45) is 2.11. The zero-order valence-corrected chi connectivity index (χ0v) is 11.4. The molecule has 0 radical (unpaired) electrons. The summed E-state index contributed by atoms with van der Waals surface area (Å²) < 4.78 is 0. The Morgan fingerprint density at radius 3 is 2.33 bits per heavy atom. The molecule has 0 unspecified atom stereocenters. The number of aliphatic hydroxyl groups is 1. The second-order valence-electron chi connectivity index (χ2n) is 5.45. The van der Waals surface area contributed by atoms with E-state index in [2.05, 4.69) is 5.32 Å². The van der Waals surface area contributed by atoms with Crippen molar-refractivity contribution >= 4 is 12.0 Å². The molecular formula is C15H21NO2. The van der Waals surface area contributed by atoms with Crippen LogP contribution in [-0.2, 0) is 4.79 Å². The van der Waals surface area contributed by atoms with Crippen molar-refractivity contribution < 1.29 is 9.90 Å². The van der Waals surface area contributed by atoms with Gasteiger partial charge in [0.05, 0.1) is 0 Å². The van der Waals surface area contributed by atoms with Gasteiger partial charge in [0.25, 0.3) is 5.91 Å². The van der Waals surface area contributed by atoms with E-state index in [1.807, 2.05) is 52.0 Å². The van der Waals surface area contributed by atoms with E-state index in [0.717, 1.165) is 5.56 Å². The molecule has 18 heavy (non-hydrogen) atoms. The third-order valence-corrected chi connectivity index (χ3v) is 2.32. The van der Waals surface area contributed by atoms with E-state index in [0.29, 0.717) is 0 Å². The van der Waals surface area contributed by atoms with Crippen molar-refractivity contribution in [1.82, 2.24) is 5.32 Å². The van der Waals surface area contributed by atoms with Gasteiger partial charge in [-0.25, -0.2) is 0 Å². The summed E-state index contributed by atoms with van der Waals surface area (Å²) in [6, 6.07) is 7.86. The highest BCUT2D eigenvalue weighted by Crippen LogP contribution is 2.06. The van der Waals surface area contributed by atoms with Crippen molar-refractivity contribution in [2.45, 2.75) is 39.3 Å². The van der Waals surface area contributed by atoms with Crippen molar-refractivity contribution in [2.24, 2.45) is 0 Å². The molecule has 0 saturated carbocycles. The Hall–Kier alpha value is -1.61. The van der Waals surface area contributed by atoms with E-state index in [4.69, 9.17) is 0 Å². The first-order valence-electron chi connectivity index (χ1n) is 6.03. The van der Waals surface area contributed by atoms with Gasteiger partial charge in [-0.3, -0.25) is 4.79 Å². The maximum atomic E-state index is 11.6. The third-order valence-electron chi connectivity index (χ3n) is 2.32. The summed E-state index contributed by atoms with van der Waals surface area (Å²) in [5.74, 6) is -0.383. The van der Waals surface area contributed by atoms with Gasteiger partial charge in [0, 0.05) is 5.54 Å². The normalized spacial score (nSPS) is 13.6. The molecule has 0 aliphatic rings. The van der Waals surface area contributed by atoms with Crippen LogP contribution >= 0.6 is 0 Å². The van der Waals surface area contributed by atoms with Crippen molar-refractivity contribution in [3.8, 4) is 0 Å². The fraction of sp³-hybridized carbons (Fsp3) is 0.400. The van der Waals surface area contributed by atoms with Crippen LogP contribution in [0.2, 0.25) is 0 Å². The molecule has 1 aromatic rings. The number of aryl methyl sites for hydroxylation is 1. The predicted octanol–water partition coefficient (Wildman–Crippen LogP) is 2.28. The first kappa shape index (κ1) is 14.5. The van der Waals surface area contributed by atoms with Crippen LogP contribution in [0.15, 0.2) is 30.3 Å². The lowest BCUT2D eigenvalue weighted by molar-refractivity contribution is -0.128. The van der Waals surface area contributed by atoms with E-state index < -0.39 is 6.10 Å². The molecular weight excluding hydrogens is 226 g/mol. The topological polar surface area (TPSA) is 49.3 Å². The highest BCUT2D eigenvalue weighted by molar-refractivity contribution is 5.84. The van der Waals surface area contributed by atoms with Gasteiger partial charge in [-0.2, -0.15) is 0 Å². The Labute approximate surface area is 109 Å². The maximum absolute atomic E-state index is 11.6. The average molecular weight is 247 g/mol. The third kappa shape index (κ3) is 5.15. The van der Waals surface area contributed by atoms with E-state index in [1.165, 1.54) is 11.6 Å². The quantitative estimate of drug-likeness (QED) is 0.861. The molecule has 2 N–H and O–H groups in total. The molecule has 0 heterocycles. The van der Waals surface area contributed by atoms with Crippen LogP contribution in [0, 0.1) is 6.92 Å². The fourth-order valence-corrected chi connectivity index (χ4v) is 1.41. The van der Waals surface area contributed by atoms with E-state index in [-0.39, 0.29) is 11.4 Å². The zero-order valence-electron chi connectivity index (χ0n) is 11.4. The molecule has 0 bridgehead atoms. The molecule has 0 saturated heterocycles. The van der Waals surface area contributed by atoms with Crippen LogP contribution in [0.5, 0.6) is 0 Å². The Morgan fingerprint density at radius 2 is 1.83 bits per heavy atom. The minimum absolute atomic E-state index is 0.338. The zero-order chi connectivity index (χ0) is 13.8. The van der Waals surface area contributed by atoms with Gasteiger partial charge in [-0.15, -0.1) is 0 Å². The number of nitrogens with one attached hydrogen (secondary N) is 1. The molecule has 0 aliphatic heterocycles. The number of carbonyl (C=O) groups is 1. The number of rotatable bonds is 3. The lowest BCUT2D eigenvalue weighted by Crippen LogP contribution is -2.45. The summed E-state index contributed by atoms with van der Waals surface area (Å²) >= 11 is 0. The van der Waals surface area contributed by atoms with Crippen LogP contribution in [0.3, 0.4) is 0 Å². The summed E-state index contributed by atoms with van der Waals surface area (Å²) in [6.45, 7) is 7.64. The molecule has 0 spiro atoms. The number of amides is 1. The van der Waals surface area contributed by atoms with Crippen molar-refractivity contribution in [3.05, 3.63) is 41.5 Å². The van der Waals surface area contributed by atoms with Gasteiger partial charge in [0.15, 0.2) is 6.10 Å². The molecule has 3 heteroatoms. The second kappa shape index (κ2) is 5.83. The number of hydrogen-bond acceptors (Lipinski definition) is 2. The van der Waals surface area contributed by atoms with Crippen molar-refractivity contribution in [2.75, 3.05) is 0 Å². The molecule has 1 rings (SSSR count). The minimum atomic E-state index is -1.12. The van der Waals surface area contributed by atoms with Crippen LogP contribution in [-0.4, -0.2) is 22.7 Å². The molecule has 0 aromatic heterocycles. The Bertz CT molecular complexity index is 427. The first-order valence-corrected chi connectivity index (χ1v) is 6.03. The molecule has 1 aromatic carbocycles. The highest BCUT2D eigenvalue weighted by Gasteiger charge is 2.18. The van der Waals surface area contributed by atoms with Gasteiger partial charge in [-0.05, 0) is 39.3 Å². The SMILES string of the molecule is Cc1ccc(/C=C/[C@H](O)C(=O)NC(C)(C)C)cc1. The van der Waals surface area contributed by atoms with Crippen LogP contribution in [0.4, 0.5) is 0 Å². The van der Waals surface area contributed by atoms with Gasteiger partial charge in [-0.1, -0.05) is 35.9 Å². The standard InChI is InChI=1S/C15H21NO2/c1-11-5-7-12(8-6-11)9-10-13(17)14(18)16-15(2,3)4/h5-10,13,17H,1-4H3,(H,16,18)/b10-9+/t13-/m0/s1. The average Bonchev–Trinajstić information content (AvgIpc) is 2.25. The minimum Gasteiger partial charge on any atom is -0.379 e. The van der Waals surface area contributed by atoms with Gasteiger partial charge in [0.2, 0.25) is 0 Å². The smallest absolute Gasteiger partial charge is 0.253 e. The molecule has 1 amide bonds. The molecule has 1 atom stereocenters. The molecule has 0 fully saturated rings. The number of benzene rings is 1. The fourth-order valence-electron chi connectivity index (χ4n) is 1.41. The summed E-state index contributed by atoms with van der Waals surface area (Å²) in [7, 11) is 0. The Morgan fingerprint density at radius 1 is 1.28 bits per heavy atom. The number of hydrogen-bond donors (Lipinski definition) is 2. The van der Waals surface area contributed by atoms with Crippen molar-refractivity contribution in [3.63, 3.8) is 0 Å². The Balaban J connectivity index is 2.61. The lowest BCUT2D eigenvalue weighted by Gasteiger charge is -2.21.